The second-order valence-corrected chi connectivity index (χ2v) is 3.35. The Bertz CT molecular complexity index is 338. The van der Waals surface area contributed by atoms with E-state index in [1.165, 1.54) is 7.11 Å². The predicted octanol–water partition coefficient (Wildman–Crippen LogP) is -0.173. The van der Waals surface area contributed by atoms with Gasteiger partial charge in [-0.25, -0.2) is 4.98 Å². The molecule has 0 saturated heterocycles. The van der Waals surface area contributed by atoms with Crippen LogP contribution in [0.2, 0.25) is 0 Å². The Morgan fingerprint density at radius 1 is 1.75 bits per heavy atom. The van der Waals surface area contributed by atoms with Crippen LogP contribution in [-0.4, -0.2) is 30.6 Å². The molecule has 0 aromatic carbocycles. The minimum atomic E-state index is -0.661. The zero-order valence-electron chi connectivity index (χ0n) is 9.53. The fourth-order valence-electron chi connectivity index (χ4n) is 1.14. The van der Waals surface area contributed by atoms with E-state index in [0.717, 1.165) is 12.2 Å². The number of hydrogen-bond donors (Lipinski definition) is 2. The lowest BCUT2D eigenvalue weighted by molar-refractivity contribution is -0.123. The van der Waals surface area contributed by atoms with E-state index in [9.17, 15) is 4.79 Å². The van der Waals surface area contributed by atoms with Crippen LogP contribution in [0.3, 0.4) is 0 Å². The molecule has 6 heteroatoms. The summed E-state index contributed by atoms with van der Waals surface area (Å²) >= 11 is 0. The Kier molecular flexibility index (Phi) is 4.94. The van der Waals surface area contributed by atoms with Gasteiger partial charge in [0.15, 0.2) is 0 Å². The molecule has 1 heterocycles. The van der Waals surface area contributed by atoms with E-state index in [-0.39, 0.29) is 19.1 Å². The molecular weight excluding hydrogens is 210 g/mol. The van der Waals surface area contributed by atoms with Crippen molar-refractivity contribution in [2.75, 3.05) is 13.7 Å². The van der Waals surface area contributed by atoms with Crippen molar-refractivity contribution in [3.05, 3.63) is 17.8 Å². The molecule has 0 aliphatic heterocycles. The zero-order chi connectivity index (χ0) is 12.0. The molecule has 1 atom stereocenters. The number of nitrogens with two attached hydrogens (primary N) is 1. The number of methoxy groups -OCH3 is 1. The van der Waals surface area contributed by atoms with E-state index in [2.05, 4.69) is 10.3 Å². The molecule has 90 valence electrons. The average molecular weight is 227 g/mol. The zero-order valence-corrected chi connectivity index (χ0v) is 9.53. The van der Waals surface area contributed by atoms with Crippen molar-refractivity contribution >= 4 is 5.91 Å². The number of aromatic nitrogens is 1. The summed E-state index contributed by atoms with van der Waals surface area (Å²) in [5.41, 5.74) is 5.54. The van der Waals surface area contributed by atoms with Crippen molar-refractivity contribution in [2.24, 2.45) is 5.73 Å². The number of hydrogen-bond acceptors (Lipinski definition) is 5. The fourth-order valence-corrected chi connectivity index (χ4v) is 1.14. The van der Waals surface area contributed by atoms with Gasteiger partial charge in [0.2, 0.25) is 11.8 Å². The monoisotopic (exact) mass is 227 g/mol. The molecule has 1 amide bonds. The minimum absolute atomic E-state index is 0.192. The first-order valence-corrected chi connectivity index (χ1v) is 5.13. The highest BCUT2D eigenvalue weighted by Gasteiger charge is 2.13. The lowest BCUT2D eigenvalue weighted by Crippen LogP contribution is -2.43. The van der Waals surface area contributed by atoms with Crippen molar-refractivity contribution in [1.29, 1.82) is 0 Å². The Morgan fingerprint density at radius 2 is 2.50 bits per heavy atom. The lowest BCUT2D eigenvalue weighted by atomic mass is 10.3. The van der Waals surface area contributed by atoms with Gasteiger partial charge in [0.05, 0.1) is 19.3 Å². The Morgan fingerprint density at radius 3 is 3.06 bits per heavy atom. The van der Waals surface area contributed by atoms with E-state index < -0.39 is 6.04 Å². The first-order chi connectivity index (χ1) is 7.67. The standard InChI is InChI=1S/C10H17N3O3/c1-3-7-4-12-9(16-7)5-13-10(14)8(11)6-15-2/h4,8H,3,5-6,11H2,1-2H3,(H,13,14). The summed E-state index contributed by atoms with van der Waals surface area (Å²) in [6, 6.07) is -0.661. The molecular formula is C10H17N3O3. The molecule has 0 spiro atoms. The van der Waals surface area contributed by atoms with E-state index >= 15 is 0 Å². The molecule has 3 N–H and O–H groups in total. The molecule has 1 aromatic heterocycles. The van der Waals surface area contributed by atoms with Gasteiger partial charge in [-0.2, -0.15) is 0 Å². The SMILES string of the molecule is CCc1cnc(CNC(=O)C(N)COC)o1. The number of oxazole rings is 1. The number of aryl methyl sites for hydroxylation is 1. The molecule has 6 nitrogen and oxygen atoms in total. The van der Waals surface area contributed by atoms with Crippen molar-refractivity contribution < 1.29 is 13.9 Å². The summed E-state index contributed by atoms with van der Waals surface area (Å²) < 4.78 is 10.1. The Labute approximate surface area is 94.2 Å². The molecule has 1 aromatic rings. The van der Waals surface area contributed by atoms with Crippen LogP contribution in [0.1, 0.15) is 18.6 Å². The van der Waals surface area contributed by atoms with Crippen molar-refractivity contribution in [1.82, 2.24) is 10.3 Å². The average Bonchev–Trinajstić information content (AvgIpc) is 2.74. The second-order valence-electron chi connectivity index (χ2n) is 3.35. The fraction of sp³-hybridized carbons (Fsp3) is 0.600. The largest absolute Gasteiger partial charge is 0.444 e. The van der Waals surface area contributed by atoms with Crippen LogP contribution in [0.4, 0.5) is 0 Å². The number of ether oxygens (including phenoxy) is 1. The van der Waals surface area contributed by atoms with Crippen LogP contribution in [0.25, 0.3) is 0 Å². The number of nitrogens with zero attached hydrogens (tertiary/aromatic N) is 1. The maximum atomic E-state index is 11.4. The number of nitrogens with one attached hydrogen (secondary N) is 1. The van der Waals surface area contributed by atoms with Gasteiger partial charge in [-0.1, -0.05) is 6.92 Å². The topological polar surface area (TPSA) is 90.4 Å². The van der Waals surface area contributed by atoms with E-state index in [1.807, 2.05) is 6.92 Å². The van der Waals surface area contributed by atoms with E-state index in [1.54, 1.807) is 6.20 Å². The van der Waals surface area contributed by atoms with Gasteiger partial charge in [0.1, 0.15) is 11.8 Å². The highest BCUT2D eigenvalue weighted by atomic mass is 16.5. The minimum Gasteiger partial charge on any atom is -0.444 e. The third-order valence-corrected chi connectivity index (χ3v) is 2.05. The molecule has 1 rings (SSSR count). The van der Waals surface area contributed by atoms with Crippen LogP contribution in [0, 0.1) is 0 Å². The highest BCUT2D eigenvalue weighted by molar-refractivity contribution is 5.81. The summed E-state index contributed by atoms with van der Waals surface area (Å²) in [4.78, 5) is 15.4. The summed E-state index contributed by atoms with van der Waals surface area (Å²) in [5, 5.41) is 2.62. The van der Waals surface area contributed by atoms with Crippen molar-refractivity contribution in [2.45, 2.75) is 25.9 Å². The van der Waals surface area contributed by atoms with Crippen molar-refractivity contribution in [3.8, 4) is 0 Å². The first-order valence-electron chi connectivity index (χ1n) is 5.13. The Balaban J connectivity index is 2.36. The van der Waals surface area contributed by atoms with Gasteiger partial charge in [0, 0.05) is 13.5 Å². The maximum Gasteiger partial charge on any atom is 0.239 e. The van der Waals surface area contributed by atoms with Gasteiger partial charge >= 0.3 is 0 Å². The second kappa shape index (κ2) is 6.24. The van der Waals surface area contributed by atoms with Crippen LogP contribution in [0.5, 0.6) is 0 Å². The molecule has 16 heavy (non-hydrogen) atoms. The molecule has 0 saturated carbocycles. The molecule has 0 radical (unpaired) electrons. The number of amides is 1. The highest BCUT2D eigenvalue weighted by Crippen LogP contribution is 2.03. The number of rotatable bonds is 6. The quantitative estimate of drug-likeness (QED) is 0.704. The number of carbonyl (C=O) groups is 1. The van der Waals surface area contributed by atoms with Gasteiger partial charge in [-0.05, 0) is 0 Å². The smallest absolute Gasteiger partial charge is 0.239 e. The predicted molar refractivity (Wildman–Crippen MR) is 57.6 cm³/mol. The number of carbonyl (C=O) groups excluding carboxylic acids is 1. The van der Waals surface area contributed by atoms with Gasteiger partial charge in [-0.15, -0.1) is 0 Å². The molecule has 0 aliphatic carbocycles. The summed E-state index contributed by atoms with van der Waals surface area (Å²) in [6.07, 6.45) is 2.43. The molecule has 0 aliphatic rings. The molecule has 1 unspecified atom stereocenters. The van der Waals surface area contributed by atoms with Gasteiger partial charge < -0.3 is 20.2 Å². The van der Waals surface area contributed by atoms with Gasteiger partial charge in [0.25, 0.3) is 0 Å². The molecule has 0 fully saturated rings. The lowest BCUT2D eigenvalue weighted by Gasteiger charge is -2.09. The summed E-state index contributed by atoms with van der Waals surface area (Å²) in [5.74, 6) is 0.998. The van der Waals surface area contributed by atoms with Crippen LogP contribution in [0.15, 0.2) is 10.6 Å². The third-order valence-electron chi connectivity index (χ3n) is 2.05. The summed E-state index contributed by atoms with van der Waals surface area (Å²) in [6.45, 7) is 2.41. The summed E-state index contributed by atoms with van der Waals surface area (Å²) in [7, 11) is 1.49. The van der Waals surface area contributed by atoms with Crippen LogP contribution in [-0.2, 0) is 22.5 Å². The van der Waals surface area contributed by atoms with E-state index in [4.69, 9.17) is 14.9 Å². The van der Waals surface area contributed by atoms with Crippen molar-refractivity contribution in [3.63, 3.8) is 0 Å². The first kappa shape index (κ1) is 12.7. The van der Waals surface area contributed by atoms with E-state index in [0.29, 0.717) is 5.89 Å². The Hall–Kier alpha value is -1.40. The van der Waals surface area contributed by atoms with Gasteiger partial charge in [-0.3, -0.25) is 4.79 Å². The van der Waals surface area contributed by atoms with Crippen LogP contribution >= 0.6 is 0 Å². The molecule has 0 bridgehead atoms. The third kappa shape index (κ3) is 3.63. The maximum absolute atomic E-state index is 11.4. The van der Waals surface area contributed by atoms with Crippen LogP contribution < -0.4 is 11.1 Å². The normalized spacial score (nSPS) is 12.4.